The summed E-state index contributed by atoms with van der Waals surface area (Å²) in [6.07, 6.45) is 0.813. The molecule has 0 aliphatic carbocycles. The van der Waals surface area contributed by atoms with Crippen molar-refractivity contribution in [1.29, 1.82) is 0 Å². The fourth-order valence-electron chi connectivity index (χ4n) is 0.895. The third kappa shape index (κ3) is 2.54. The van der Waals surface area contributed by atoms with E-state index in [9.17, 15) is 0 Å². The van der Waals surface area contributed by atoms with Crippen LogP contribution < -0.4 is 4.74 Å². The summed E-state index contributed by atoms with van der Waals surface area (Å²) in [6, 6.07) is 8.03. The molecular formula is C10H13O+. The van der Waals surface area contributed by atoms with Crippen LogP contribution in [0.1, 0.15) is 12.0 Å². The lowest BCUT2D eigenvalue weighted by Gasteiger charge is -2.02. The van der Waals surface area contributed by atoms with Crippen LogP contribution in [0.25, 0.3) is 0 Å². The largest absolute Gasteiger partial charge is 0.489 e. The molecule has 1 aromatic rings. The van der Waals surface area contributed by atoms with Gasteiger partial charge in [0.15, 0.2) is 0 Å². The quantitative estimate of drug-likeness (QED) is 0.600. The molecule has 0 N–H and O–H groups in total. The Labute approximate surface area is 68.0 Å². The summed E-state index contributed by atoms with van der Waals surface area (Å²) in [6.45, 7) is 6.45. The predicted octanol–water partition coefficient (Wildman–Crippen LogP) is 2.60. The van der Waals surface area contributed by atoms with Gasteiger partial charge in [0.2, 0.25) is 0 Å². The molecule has 0 amide bonds. The third-order valence-electron chi connectivity index (χ3n) is 1.40. The Bertz CT molecular complexity index is 218. The molecule has 0 atom stereocenters. The van der Waals surface area contributed by atoms with E-state index < -0.39 is 0 Å². The van der Waals surface area contributed by atoms with Gasteiger partial charge in [-0.25, -0.2) is 0 Å². The minimum atomic E-state index is 0.698. The summed E-state index contributed by atoms with van der Waals surface area (Å²) in [7, 11) is 0. The van der Waals surface area contributed by atoms with Crippen LogP contribution in [0, 0.1) is 13.8 Å². The average molecular weight is 149 g/mol. The zero-order valence-corrected chi connectivity index (χ0v) is 6.84. The Balaban J connectivity index is 2.56. The topological polar surface area (TPSA) is 9.23 Å². The van der Waals surface area contributed by atoms with Gasteiger partial charge < -0.3 is 4.74 Å². The number of aryl methyl sites for hydroxylation is 1. The Morgan fingerprint density at radius 3 is 2.91 bits per heavy atom. The molecule has 0 bridgehead atoms. The maximum absolute atomic E-state index is 5.37. The lowest BCUT2D eigenvalue weighted by atomic mass is 10.2. The van der Waals surface area contributed by atoms with Crippen LogP contribution in [0.2, 0.25) is 0 Å². The van der Waals surface area contributed by atoms with Gasteiger partial charge in [0, 0.05) is 0 Å². The van der Waals surface area contributed by atoms with E-state index in [0.29, 0.717) is 6.61 Å². The highest BCUT2D eigenvalue weighted by Gasteiger charge is 1.92. The number of hydrogen-bond donors (Lipinski definition) is 0. The van der Waals surface area contributed by atoms with Crippen molar-refractivity contribution < 1.29 is 4.74 Å². The smallest absolute Gasteiger partial charge is 0.128 e. The number of benzene rings is 1. The number of rotatable bonds is 3. The van der Waals surface area contributed by atoms with Gasteiger partial charge in [0.25, 0.3) is 0 Å². The second-order valence-electron chi connectivity index (χ2n) is 2.52. The minimum absolute atomic E-state index is 0.698. The fraction of sp³-hybridized carbons (Fsp3) is 0.300. The van der Waals surface area contributed by atoms with E-state index in [1.54, 1.807) is 0 Å². The van der Waals surface area contributed by atoms with E-state index in [0.717, 1.165) is 12.2 Å². The molecule has 1 rings (SSSR count). The zero-order chi connectivity index (χ0) is 8.10. The standard InChI is InChI=1S/C10H13O/c1-3-7-11-10-6-4-5-9(2)8-10/h4-6,8H,1,3,7H2,2H3/q+1. The molecule has 0 aromatic heterocycles. The van der Waals surface area contributed by atoms with Crippen molar-refractivity contribution in [2.24, 2.45) is 0 Å². The highest BCUT2D eigenvalue weighted by atomic mass is 16.5. The van der Waals surface area contributed by atoms with E-state index in [-0.39, 0.29) is 0 Å². The van der Waals surface area contributed by atoms with Crippen molar-refractivity contribution in [2.75, 3.05) is 6.61 Å². The van der Waals surface area contributed by atoms with Gasteiger partial charge in [-0.3, -0.25) is 0 Å². The summed E-state index contributed by atoms with van der Waals surface area (Å²) in [4.78, 5) is 0. The molecule has 11 heavy (non-hydrogen) atoms. The Kier molecular flexibility index (Phi) is 2.84. The van der Waals surface area contributed by atoms with Gasteiger partial charge in [0.1, 0.15) is 18.8 Å². The first kappa shape index (κ1) is 7.99. The number of hydrogen-bond acceptors (Lipinski definition) is 1. The normalized spacial score (nSPS) is 9.55. The maximum Gasteiger partial charge on any atom is 0.128 e. The van der Waals surface area contributed by atoms with Crippen LogP contribution in [0.15, 0.2) is 24.3 Å². The Morgan fingerprint density at radius 1 is 1.45 bits per heavy atom. The van der Waals surface area contributed by atoms with Crippen molar-refractivity contribution in [3.8, 4) is 5.75 Å². The Morgan fingerprint density at radius 2 is 2.27 bits per heavy atom. The molecule has 58 valence electrons. The second kappa shape index (κ2) is 3.91. The van der Waals surface area contributed by atoms with Gasteiger partial charge in [-0.05, 0) is 24.6 Å². The van der Waals surface area contributed by atoms with Crippen molar-refractivity contribution in [1.82, 2.24) is 0 Å². The maximum atomic E-state index is 5.37. The molecule has 1 aromatic carbocycles. The Hall–Kier alpha value is -1.11. The number of ether oxygens (including phenoxy) is 1. The van der Waals surface area contributed by atoms with Crippen LogP contribution in [-0.4, -0.2) is 6.61 Å². The van der Waals surface area contributed by atoms with Crippen LogP contribution in [0.3, 0.4) is 0 Å². The van der Waals surface area contributed by atoms with Gasteiger partial charge >= 0.3 is 0 Å². The highest BCUT2D eigenvalue weighted by molar-refractivity contribution is 5.27. The molecule has 0 unspecified atom stereocenters. The summed E-state index contributed by atoms with van der Waals surface area (Å²) >= 11 is 0. The second-order valence-corrected chi connectivity index (χ2v) is 2.52. The van der Waals surface area contributed by atoms with E-state index in [1.165, 1.54) is 5.56 Å². The van der Waals surface area contributed by atoms with Crippen LogP contribution >= 0.6 is 0 Å². The van der Waals surface area contributed by atoms with E-state index in [4.69, 9.17) is 4.74 Å². The van der Waals surface area contributed by atoms with E-state index in [2.05, 4.69) is 19.9 Å². The first-order chi connectivity index (χ1) is 5.33. The molecule has 0 saturated carbocycles. The van der Waals surface area contributed by atoms with Crippen LogP contribution in [0.5, 0.6) is 5.75 Å². The average Bonchev–Trinajstić information content (AvgIpc) is 2.01. The molecular weight excluding hydrogens is 136 g/mol. The summed E-state index contributed by atoms with van der Waals surface area (Å²) in [5.74, 6) is 0.939. The summed E-state index contributed by atoms with van der Waals surface area (Å²) < 4.78 is 5.37. The molecule has 0 heterocycles. The molecule has 0 aliphatic rings. The monoisotopic (exact) mass is 149 g/mol. The van der Waals surface area contributed by atoms with Gasteiger partial charge in [-0.1, -0.05) is 12.1 Å². The van der Waals surface area contributed by atoms with E-state index >= 15 is 0 Å². The summed E-state index contributed by atoms with van der Waals surface area (Å²) in [5.41, 5.74) is 1.23. The molecule has 0 saturated heterocycles. The first-order valence-electron chi connectivity index (χ1n) is 3.81. The van der Waals surface area contributed by atoms with Crippen LogP contribution in [0.4, 0.5) is 0 Å². The molecule has 1 heteroatoms. The van der Waals surface area contributed by atoms with Crippen molar-refractivity contribution in [3.05, 3.63) is 36.8 Å². The summed E-state index contributed by atoms with van der Waals surface area (Å²) in [5, 5.41) is 0. The van der Waals surface area contributed by atoms with Gasteiger partial charge in [0.05, 0.1) is 6.92 Å². The van der Waals surface area contributed by atoms with Crippen LogP contribution in [-0.2, 0) is 0 Å². The molecule has 0 aliphatic heterocycles. The van der Waals surface area contributed by atoms with Crippen molar-refractivity contribution in [3.63, 3.8) is 0 Å². The molecule has 0 radical (unpaired) electrons. The molecule has 0 fully saturated rings. The highest BCUT2D eigenvalue weighted by Crippen LogP contribution is 2.11. The molecule has 0 spiro atoms. The minimum Gasteiger partial charge on any atom is -0.489 e. The predicted molar refractivity (Wildman–Crippen MR) is 46.6 cm³/mol. The van der Waals surface area contributed by atoms with Crippen molar-refractivity contribution >= 4 is 0 Å². The fourth-order valence-corrected chi connectivity index (χ4v) is 0.895. The van der Waals surface area contributed by atoms with E-state index in [1.807, 2.05) is 18.2 Å². The first-order valence-corrected chi connectivity index (χ1v) is 3.81. The van der Waals surface area contributed by atoms with Gasteiger partial charge in [-0.2, -0.15) is 0 Å². The van der Waals surface area contributed by atoms with Crippen molar-refractivity contribution in [2.45, 2.75) is 13.3 Å². The molecule has 1 nitrogen and oxygen atoms in total. The lowest BCUT2D eigenvalue weighted by Crippen LogP contribution is -1.94. The zero-order valence-electron chi connectivity index (χ0n) is 6.84. The third-order valence-corrected chi connectivity index (χ3v) is 1.40. The lowest BCUT2D eigenvalue weighted by molar-refractivity contribution is 0.324. The van der Waals surface area contributed by atoms with Gasteiger partial charge in [-0.15, -0.1) is 0 Å². The SMILES string of the molecule is [CH2+]CCOc1cccc(C)c1.